The molecule has 0 aliphatic heterocycles. The molecule has 0 unspecified atom stereocenters. The van der Waals surface area contributed by atoms with Crippen LogP contribution >= 0.6 is 11.8 Å². The number of carbonyl (C=O) groups excluding carboxylic acids is 1. The van der Waals surface area contributed by atoms with Gasteiger partial charge in [0.25, 0.3) is 5.91 Å². The van der Waals surface area contributed by atoms with Crippen molar-refractivity contribution in [3.05, 3.63) is 59.9 Å². The van der Waals surface area contributed by atoms with Gasteiger partial charge in [0.05, 0.1) is 5.56 Å². The van der Waals surface area contributed by atoms with E-state index in [0.717, 1.165) is 10.6 Å². The number of carbonyl (C=O) groups is 1. The minimum absolute atomic E-state index is 0.00405. The molecule has 5 nitrogen and oxygen atoms in total. The number of anilines is 1. The molecule has 0 radical (unpaired) electrons. The van der Waals surface area contributed by atoms with Crippen molar-refractivity contribution in [3.63, 3.8) is 0 Å². The molecule has 0 spiro atoms. The van der Waals surface area contributed by atoms with Crippen LogP contribution in [-0.2, 0) is 0 Å². The maximum Gasteiger partial charge on any atom is 0.322 e. The Balaban J connectivity index is 1.77. The zero-order chi connectivity index (χ0) is 16.9. The Morgan fingerprint density at radius 2 is 1.92 bits per heavy atom. The van der Waals surface area contributed by atoms with Crippen LogP contribution in [-0.4, -0.2) is 21.9 Å². The van der Waals surface area contributed by atoms with E-state index in [2.05, 4.69) is 15.5 Å². The molecule has 0 bridgehead atoms. The Morgan fingerprint density at radius 1 is 1.17 bits per heavy atom. The van der Waals surface area contributed by atoms with Gasteiger partial charge >= 0.3 is 6.01 Å². The summed E-state index contributed by atoms with van der Waals surface area (Å²) in [7, 11) is 0. The van der Waals surface area contributed by atoms with E-state index in [-0.39, 0.29) is 23.6 Å². The fourth-order valence-corrected chi connectivity index (χ4v) is 2.88. The van der Waals surface area contributed by atoms with Crippen LogP contribution in [0.15, 0.2) is 57.8 Å². The largest absolute Gasteiger partial charge is 0.403 e. The summed E-state index contributed by atoms with van der Waals surface area (Å²) < 4.78 is 18.4. The molecular formula is C17H14FN3O2S. The van der Waals surface area contributed by atoms with Crippen LogP contribution in [0.3, 0.4) is 0 Å². The van der Waals surface area contributed by atoms with E-state index in [1.54, 1.807) is 23.9 Å². The first-order valence-electron chi connectivity index (χ1n) is 7.30. The number of nitrogens with zero attached hydrogens (tertiary/aromatic N) is 2. The van der Waals surface area contributed by atoms with E-state index in [1.807, 2.05) is 19.1 Å². The normalized spacial score (nSPS) is 10.6. The summed E-state index contributed by atoms with van der Waals surface area (Å²) >= 11 is 1.58. The topological polar surface area (TPSA) is 68.0 Å². The van der Waals surface area contributed by atoms with Crippen LogP contribution in [0, 0.1) is 5.82 Å². The summed E-state index contributed by atoms with van der Waals surface area (Å²) in [6.45, 7) is 2.02. The Bertz CT molecular complexity index is 849. The van der Waals surface area contributed by atoms with Crippen LogP contribution in [0.2, 0.25) is 0 Å². The Morgan fingerprint density at radius 3 is 2.67 bits per heavy atom. The average Bonchev–Trinajstić information content (AvgIpc) is 3.05. The number of aromatic nitrogens is 2. The minimum atomic E-state index is -0.350. The maximum absolute atomic E-state index is 12.9. The summed E-state index contributed by atoms with van der Waals surface area (Å²) in [6.07, 6.45) is 0. The zero-order valence-corrected chi connectivity index (χ0v) is 13.6. The molecule has 3 aromatic rings. The van der Waals surface area contributed by atoms with Gasteiger partial charge in [-0.25, -0.2) is 4.39 Å². The van der Waals surface area contributed by atoms with Crippen molar-refractivity contribution in [3.8, 4) is 11.5 Å². The van der Waals surface area contributed by atoms with E-state index in [1.165, 1.54) is 24.3 Å². The SMILES string of the molecule is CCSc1ccccc1C(=O)Nc1nnc(-c2ccc(F)cc2)o1. The lowest BCUT2D eigenvalue weighted by molar-refractivity contribution is 0.102. The zero-order valence-electron chi connectivity index (χ0n) is 12.8. The van der Waals surface area contributed by atoms with Gasteiger partial charge in [-0.2, -0.15) is 0 Å². The number of amides is 1. The number of thioether (sulfide) groups is 1. The summed E-state index contributed by atoms with van der Waals surface area (Å²) in [6, 6.07) is 13.0. The molecule has 122 valence electrons. The van der Waals surface area contributed by atoms with Gasteiger partial charge < -0.3 is 4.42 Å². The minimum Gasteiger partial charge on any atom is -0.403 e. The first-order chi connectivity index (χ1) is 11.7. The van der Waals surface area contributed by atoms with E-state index < -0.39 is 0 Å². The lowest BCUT2D eigenvalue weighted by Gasteiger charge is -2.06. The molecule has 2 aromatic carbocycles. The average molecular weight is 343 g/mol. The van der Waals surface area contributed by atoms with Gasteiger partial charge in [0.1, 0.15) is 5.82 Å². The summed E-state index contributed by atoms with van der Waals surface area (Å²) in [4.78, 5) is 13.3. The highest BCUT2D eigenvalue weighted by Gasteiger charge is 2.15. The summed E-state index contributed by atoms with van der Waals surface area (Å²) in [5.74, 6) is 0.402. The van der Waals surface area contributed by atoms with Crippen LogP contribution in [0.4, 0.5) is 10.4 Å². The molecule has 1 aromatic heterocycles. The van der Waals surface area contributed by atoms with Crippen molar-refractivity contribution in [1.82, 2.24) is 10.2 Å². The number of hydrogen-bond acceptors (Lipinski definition) is 5. The van der Waals surface area contributed by atoms with E-state index in [4.69, 9.17) is 4.42 Å². The third-order valence-electron chi connectivity index (χ3n) is 3.17. The second-order valence-electron chi connectivity index (χ2n) is 4.80. The van der Waals surface area contributed by atoms with Gasteiger partial charge in [0, 0.05) is 10.5 Å². The van der Waals surface area contributed by atoms with Crippen molar-refractivity contribution < 1.29 is 13.6 Å². The standard InChI is InChI=1S/C17H14FN3O2S/c1-2-24-14-6-4-3-5-13(14)15(22)19-17-21-20-16(23-17)11-7-9-12(18)10-8-11/h3-10H,2H2,1H3,(H,19,21,22). The van der Waals surface area contributed by atoms with Crippen LogP contribution in [0.1, 0.15) is 17.3 Å². The van der Waals surface area contributed by atoms with Crippen molar-refractivity contribution in [2.24, 2.45) is 0 Å². The smallest absolute Gasteiger partial charge is 0.322 e. The highest BCUT2D eigenvalue weighted by atomic mass is 32.2. The van der Waals surface area contributed by atoms with E-state index in [9.17, 15) is 9.18 Å². The number of benzene rings is 2. The second-order valence-corrected chi connectivity index (χ2v) is 6.11. The molecule has 1 heterocycles. The molecule has 0 saturated carbocycles. The van der Waals surface area contributed by atoms with Gasteiger partial charge in [-0.05, 0) is 42.2 Å². The predicted octanol–water partition coefficient (Wildman–Crippen LogP) is 4.24. The maximum atomic E-state index is 12.9. The summed E-state index contributed by atoms with van der Waals surface area (Å²) in [5, 5.41) is 10.3. The highest BCUT2D eigenvalue weighted by Crippen LogP contribution is 2.24. The fraction of sp³-hybridized carbons (Fsp3) is 0.118. The lowest BCUT2D eigenvalue weighted by atomic mass is 10.2. The van der Waals surface area contributed by atoms with Gasteiger partial charge in [0.2, 0.25) is 5.89 Å². The molecule has 3 rings (SSSR count). The molecule has 0 aliphatic rings. The van der Waals surface area contributed by atoms with Crippen LogP contribution < -0.4 is 5.32 Å². The molecular weight excluding hydrogens is 329 g/mol. The lowest BCUT2D eigenvalue weighted by Crippen LogP contribution is -2.13. The van der Waals surface area contributed by atoms with Gasteiger partial charge in [-0.3, -0.25) is 10.1 Å². The quantitative estimate of drug-likeness (QED) is 0.702. The molecule has 0 aliphatic carbocycles. The van der Waals surface area contributed by atoms with Crippen LogP contribution in [0.5, 0.6) is 0 Å². The van der Waals surface area contributed by atoms with E-state index in [0.29, 0.717) is 11.1 Å². The summed E-state index contributed by atoms with van der Waals surface area (Å²) in [5.41, 5.74) is 1.12. The third-order valence-corrected chi connectivity index (χ3v) is 4.12. The van der Waals surface area contributed by atoms with Gasteiger partial charge in [-0.1, -0.05) is 24.2 Å². The van der Waals surface area contributed by atoms with Crippen LogP contribution in [0.25, 0.3) is 11.5 Å². The van der Waals surface area contributed by atoms with Crippen molar-refractivity contribution in [2.45, 2.75) is 11.8 Å². The van der Waals surface area contributed by atoms with Gasteiger partial charge in [0.15, 0.2) is 0 Å². The number of rotatable bonds is 5. The number of halogens is 1. The Labute approximate surface area is 142 Å². The first-order valence-corrected chi connectivity index (χ1v) is 8.28. The monoisotopic (exact) mass is 343 g/mol. The van der Waals surface area contributed by atoms with Crippen molar-refractivity contribution in [1.29, 1.82) is 0 Å². The second kappa shape index (κ2) is 7.27. The predicted molar refractivity (Wildman–Crippen MR) is 90.5 cm³/mol. The molecule has 0 fully saturated rings. The molecule has 1 amide bonds. The van der Waals surface area contributed by atoms with E-state index >= 15 is 0 Å². The first kappa shape index (κ1) is 16.2. The Kier molecular flexibility index (Phi) is 4.90. The van der Waals surface area contributed by atoms with Gasteiger partial charge in [-0.15, -0.1) is 16.9 Å². The number of nitrogens with one attached hydrogen (secondary N) is 1. The molecule has 7 heteroatoms. The van der Waals surface area contributed by atoms with Crippen molar-refractivity contribution >= 4 is 23.7 Å². The third kappa shape index (κ3) is 3.62. The number of hydrogen-bond donors (Lipinski definition) is 1. The molecule has 0 saturated heterocycles. The molecule has 0 atom stereocenters. The molecule has 1 N–H and O–H groups in total. The highest BCUT2D eigenvalue weighted by molar-refractivity contribution is 7.99. The van der Waals surface area contributed by atoms with Crippen molar-refractivity contribution in [2.75, 3.05) is 11.1 Å². The molecule has 24 heavy (non-hydrogen) atoms. The fourth-order valence-electron chi connectivity index (χ4n) is 2.08. The Hall–Kier alpha value is -2.67.